The largest absolute Gasteiger partial charge is 0.318 e. The Hall–Kier alpha value is -3.37. The number of benzene rings is 2. The molecule has 2 aromatic carbocycles. The number of Topliss-reactive ketones (excluding diaryl/α,β-unsaturated/α-hetero) is 1. The van der Waals surface area contributed by atoms with Gasteiger partial charge in [-0.15, -0.1) is 0 Å². The summed E-state index contributed by atoms with van der Waals surface area (Å²) in [4.78, 5) is 24.0. The van der Waals surface area contributed by atoms with Gasteiger partial charge in [-0.1, -0.05) is 51.6 Å². The molecule has 0 aromatic heterocycles. The first kappa shape index (κ1) is 26.9. The van der Waals surface area contributed by atoms with Crippen molar-refractivity contribution in [1.29, 1.82) is 0 Å². The van der Waals surface area contributed by atoms with Crippen LogP contribution < -0.4 is 15.8 Å². The molecule has 0 radical (unpaired) electrons. The van der Waals surface area contributed by atoms with Crippen LogP contribution in [0.1, 0.15) is 33.3 Å². The van der Waals surface area contributed by atoms with Crippen molar-refractivity contribution in [3.63, 3.8) is 0 Å². The summed E-state index contributed by atoms with van der Waals surface area (Å²) in [5, 5.41) is 2.02. The molecule has 182 valence electrons. The Balaban J connectivity index is 2.38. The molecule has 0 bridgehead atoms. The summed E-state index contributed by atoms with van der Waals surface area (Å²) < 4.78 is 57.0. The topological polar surface area (TPSA) is 118 Å². The fraction of sp³-hybridized carbons (Fsp3) is 0.250. The Kier molecular flexibility index (Phi) is 8.12. The van der Waals surface area contributed by atoms with Crippen LogP contribution in [0, 0.1) is 11.6 Å². The zero-order valence-corrected chi connectivity index (χ0v) is 20.1. The van der Waals surface area contributed by atoms with Gasteiger partial charge in [0.2, 0.25) is 0 Å². The molecule has 4 N–H and O–H groups in total. The fourth-order valence-electron chi connectivity index (χ4n) is 2.94. The molecule has 0 spiro atoms. The van der Waals surface area contributed by atoms with Gasteiger partial charge in [0.1, 0.15) is 11.5 Å². The van der Waals surface area contributed by atoms with Crippen LogP contribution in [0.5, 0.6) is 0 Å². The molecule has 1 amide bonds. The first-order valence-corrected chi connectivity index (χ1v) is 11.7. The van der Waals surface area contributed by atoms with Gasteiger partial charge in [0, 0.05) is 5.57 Å². The maximum absolute atomic E-state index is 15.0. The van der Waals surface area contributed by atoms with Crippen LogP contribution >= 0.6 is 0 Å². The van der Waals surface area contributed by atoms with Crippen LogP contribution in [-0.4, -0.2) is 26.2 Å². The summed E-state index contributed by atoms with van der Waals surface area (Å²) in [7, 11) is -4.22. The number of ketones is 1. The standard InChI is InChI=1S/C24H27F2N3O4S/c1-6-7-17(21(27)14(2)30)23(31)28-22-18(25)12-13-19(20(22)26)29-34(32,33)16-10-8-15(9-11-16)24(3,4)5/h6-13,21,29H,1,27H2,2-5H3,(H,28,31)/b17-7+. The zero-order chi connectivity index (χ0) is 25.8. The lowest BCUT2D eigenvalue weighted by Gasteiger charge is -2.19. The van der Waals surface area contributed by atoms with E-state index in [0.717, 1.165) is 30.7 Å². The Labute approximate surface area is 197 Å². The molecule has 2 aromatic rings. The third-order valence-corrected chi connectivity index (χ3v) is 6.32. The van der Waals surface area contributed by atoms with Gasteiger partial charge in [0.25, 0.3) is 15.9 Å². The molecular weight excluding hydrogens is 464 g/mol. The number of allylic oxidation sites excluding steroid dienone is 2. The van der Waals surface area contributed by atoms with E-state index >= 15 is 4.39 Å². The average molecular weight is 492 g/mol. The van der Waals surface area contributed by atoms with Crippen molar-refractivity contribution >= 4 is 33.1 Å². The number of carbonyl (C=O) groups is 2. The minimum atomic E-state index is -4.22. The second-order valence-corrected chi connectivity index (χ2v) is 10.2. The molecule has 1 atom stereocenters. The van der Waals surface area contributed by atoms with Crippen LogP contribution in [0.25, 0.3) is 0 Å². The van der Waals surface area contributed by atoms with Crippen LogP contribution in [0.3, 0.4) is 0 Å². The monoisotopic (exact) mass is 491 g/mol. The third-order valence-electron chi connectivity index (χ3n) is 4.94. The molecule has 0 saturated carbocycles. The van der Waals surface area contributed by atoms with Crippen molar-refractivity contribution < 1.29 is 26.8 Å². The Bertz CT molecular complexity index is 1250. The van der Waals surface area contributed by atoms with Crippen LogP contribution in [-0.2, 0) is 25.0 Å². The summed E-state index contributed by atoms with van der Waals surface area (Å²) in [5.74, 6) is -4.10. The van der Waals surface area contributed by atoms with Crippen LogP contribution in [0.2, 0.25) is 0 Å². The van der Waals surface area contributed by atoms with E-state index in [2.05, 4.69) is 11.3 Å². The molecule has 0 saturated heterocycles. The number of anilines is 2. The zero-order valence-electron chi connectivity index (χ0n) is 19.3. The first-order valence-electron chi connectivity index (χ1n) is 10.2. The lowest BCUT2D eigenvalue weighted by Crippen LogP contribution is -2.36. The minimum absolute atomic E-state index is 0.126. The van der Waals surface area contributed by atoms with E-state index in [4.69, 9.17) is 5.73 Å². The van der Waals surface area contributed by atoms with Crippen molar-refractivity contribution in [1.82, 2.24) is 0 Å². The molecule has 34 heavy (non-hydrogen) atoms. The quantitative estimate of drug-likeness (QED) is 0.381. The summed E-state index contributed by atoms with van der Waals surface area (Å²) >= 11 is 0. The minimum Gasteiger partial charge on any atom is -0.318 e. The number of rotatable bonds is 8. The molecule has 7 nitrogen and oxygen atoms in total. The maximum Gasteiger partial charge on any atom is 0.261 e. The number of sulfonamides is 1. The molecular formula is C24H27F2N3O4S. The van der Waals surface area contributed by atoms with E-state index < -0.39 is 50.8 Å². The highest BCUT2D eigenvalue weighted by molar-refractivity contribution is 7.92. The van der Waals surface area contributed by atoms with Gasteiger partial charge in [-0.2, -0.15) is 0 Å². The maximum atomic E-state index is 15.0. The highest BCUT2D eigenvalue weighted by Crippen LogP contribution is 2.29. The van der Waals surface area contributed by atoms with Crippen LogP contribution in [0.4, 0.5) is 20.2 Å². The fourth-order valence-corrected chi connectivity index (χ4v) is 4.00. The molecule has 0 aliphatic heterocycles. The van der Waals surface area contributed by atoms with Gasteiger partial charge in [0.15, 0.2) is 11.6 Å². The summed E-state index contributed by atoms with van der Waals surface area (Å²) in [6.07, 6.45) is 2.34. The summed E-state index contributed by atoms with van der Waals surface area (Å²) in [5.41, 5.74) is 4.63. The Morgan fingerprint density at radius 2 is 1.68 bits per heavy atom. The Morgan fingerprint density at radius 1 is 1.09 bits per heavy atom. The van der Waals surface area contributed by atoms with E-state index in [9.17, 15) is 22.4 Å². The van der Waals surface area contributed by atoms with Gasteiger partial charge >= 0.3 is 0 Å². The molecule has 0 fully saturated rings. The van der Waals surface area contributed by atoms with Crippen molar-refractivity contribution in [2.75, 3.05) is 10.0 Å². The lowest BCUT2D eigenvalue weighted by atomic mass is 9.87. The van der Waals surface area contributed by atoms with Gasteiger partial charge in [-0.25, -0.2) is 17.2 Å². The normalized spacial score (nSPS) is 13.2. The predicted octanol–water partition coefficient (Wildman–Crippen LogP) is 4.03. The number of halogens is 2. The van der Waals surface area contributed by atoms with E-state index in [1.54, 1.807) is 12.1 Å². The molecule has 1 unspecified atom stereocenters. The lowest BCUT2D eigenvalue weighted by molar-refractivity contribution is -0.119. The number of nitrogens with two attached hydrogens (primary N) is 1. The SMILES string of the molecule is C=C/C=C(/C(=O)Nc1c(F)ccc(NS(=O)(=O)c2ccc(C(C)(C)C)cc2)c1F)C(N)C(C)=O. The molecule has 10 heteroatoms. The number of hydrogen-bond acceptors (Lipinski definition) is 5. The van der Waals surface area contributed by atoms with Crippen molar-refractivity contribution in [2.24, 2.45) is 5.73 Å². The molecule has 0 heterocycles. The van der Waals surface area contributed by atoms with Gasteiger partial charge in [-0.3, -0.25) is 14.3 Å². The number of amides is 1. The first-order chi connectivity index (χ1) is 15.7. The summed E-state index contributed by atoms with van der Waals surface area (Å²) in [6, 6.07) is 6.39. The number of nitrogens with one attached hydrogen (secondary N) is 2. The van der Waals surface area contributed by atoms with E-state index in [0.29, 0.717) is 0 Å². The average Bonchev–Trinajstić information content (AvgIpc) is 2.75. The van der Waals surface area contributed by atoms with E-state index in [1.807, 2.05) is 26.1 Å². The third kappa shape index (κ3) is 6.15. The smallest absolute Gasteiger partial charge is 0.261 e. The van der Waals surface area contributed by atoms with Gasteiger partial charge in [0.05, 0.1) is 16.6 Å². The van der Waals surface area contributed by atoms with E-state index in [-0.39, 0.29) is 15.9 Å². The second-order valence-electron chi connectivity index (χ2n) is 8.56. The van der Waals surface area contributed by atoms with Crippen molar-refractivity contribution in [2.45, 2.75) is 44.0 Å². The van der Waals surface area contributed by atoms with Crippen molar-refractivity contribution in [3.05, 3.63) is 77.9 Å². The molecule has 2 rings (SSSR count). The van der Waals surface area contributed by atoms with Gasteiger partial charge in [-0.05, 0) is 42.2 Å². The van der Waals surface area contributed by atoms with Gasteiger partial charge < -0.3 is 11.1 Å². The summed E-state index contributed by atoms with van der Waals surface area (Å²) in [6.45, 7) is 10.5. The van der Waals surface area contributed by atoms with Crippen molar-refractivity contribution in [3.8, 4) is 0 Å². The Morgan fingerprint density at radius 3 is 2.18 bits per heavy atom. The number of carbonyl (C=O) groups excluding carboxylic acids is 2. The molecule has 0 aliphatic rings. The highest BCUT2D eigenvalue weighted by atomic mass is 32.2. The second kappa shape index (κ2) is 10.3. The number of hydrogen-bond donors (Lipinski definition) is 3. The highest BCUT2D eigenvalue weighted by Gasteiger charge is 2.25. The molecule has 0 aliphatic carbocycles. The predicted molar refractivity (Wildman–Crippen MR) is 128 cm³/mol. The van der Waals surface area contributed by atoms with E-state index in [1.165, 1.54) is 18.2 Å². The van der Waals surface area contributed by atoms with Crippen LogP contribution in [0.15, 0.2) is 65.6 Å².